The van der Waals surface area contributed by atoms with Crippen LogP contribution in [0.4, 0.5) is 0 Å². The summed E-state index contributed by atoms with van der Waals surface area (Å²) in [5, 5.41) is 0. The molecule has 1 N–H and O–H groups in total. The lowest BCUT2D eigenvalue weighted by Crippen LogP contribution is -1.96. The normalized spacial score (nSPS) is 13.7. The zero-order chi connectivity index (χ0) is 18.8. The minimum atomic E-state index is -1.00. The first kappa shape index (κ1) is 18.0. The maximum atomic E-state index is 11.6. The van der Waals surface area contributed by atoms with Crippen LogP contribution >= 0.6 is 22.6 Å². The highest BCUT2D eigenvalue weighted by molar-refractivity contribution is 14.1. The molecule has 0 bridgehead atoms. The number of halogens is 1. The maximum absolute atomic E-state index is 11.6. The molecular weight excluding hydrogens is 469 g/mol. The summed E-state index contributed by atoms with van der Waals surface area (Å²) in [5.74, 6) is 3.51. The third-order valence-corrected chi connectivity index (χ3v) is 5.71. The number of hydrogen-bond donors (Lipinski definition) is 1. The molecule has 3 aromatic rings. The number of aliphatic imine (C=N–C) groups is 1. The Kier molecular flexibility index (Phi) is 5.16. The number of imidazole rings is 1. The van der Waals surface area contributed by atoms with Crippen LogP contribution in [0, 0.1) is 3.57 Å². The Hall–Kier alpha value is -2.34. The van der Waals surface area contributed by atoms with E-state index in [1.54, 1.807) is 12.5 Å². The van der Waals surface area contributed by atoms with Gasteiger partial charge >= 0.3 is 0 Å². The largest absolute Gasteiger partial charge is 0.612 e. The Labute approximate surface area is 173 Å². The first-order valence-electron chi connectivity index (χ1n) is 8.16. The Balaban J connectivity index is 1.86. The monoisotopic (exact) mass is 483 g/mol. The lowest BCUT2D eigenvalue weighted by molar-refractivity contribution is 0.601. The molecule has 0 amide bonds. The smallest absolute Gasteiger partial charge is 0.152 e. The Bertz CT molecular complexity index is 1130. The molecule has 0 radical (unpaired) electrons. The average Bonchev–Trinajstić information content (AvgIpc) is 3.14. The molecule has 2 heterocycles. The first-order chi connectivity index (χ1) is 13.1. The fraction of sp³-hybridized carbons (Fsp3) is 0.0476. The summed E-state index contributed by atoms with van der Waals surface area (Å²) in [7, 11) is 0. The number of hydrogen-bond acceptors (Lipinski definition) is 3. The van der Waals surface area contributed by atoms with Crippen LogP contribution in [0.2, 0.25) is 0 Å². The molecule has 6 heteroatoms. The molecule has 4 rings (SSSR count). The van der Waals surface area contributed by atoms with Gasteiger partial charge in [0.05, 0.1) is 17.0 Å². The average molecular weight is 483 g/mol. The van der Waals surface area contributed by atoms with Crippen LogP contribution in [0.3, 0.4) is 0 Å². The van der Waals surface area contributed by atoms with Crippen LogP contribution in [-0.4, -0.2) is 26.6 Å². The van der Waals surface area contributed by atoms with E-state index in [2.05, 4.69) is 50.2 Å². The summed E-state index contributed by atoms with van der Waals surface area (Å²) in [6.07, 6.45) is 5.25. The van der Waals surface area contributed by atoms with Gasteiger partial charge in [0, 0.05) is 26.8 Å². The summed E-state index contributed by atoms with van der Waals surface area (Å²) >= 11 is 1.29. The molecule has 1 aliphatic heterocycles. The zero-order valence-corrected chi connectivity index (χ0v) is 17.3. The van der Waals surface area contributed by atoms with Crippen molar-refractivity contribution in [3.05, 3.63) is 75.8 Å². The highest BCUT2D eigenvalue weighted by Gasteiger charge is 2.17. The molecule has 2 aromatic carbocycles. The van der Waals surface area contributed by atoms with E-state index in [-0.39, 0.29) is 0 Å². The van der Waals surface area contributed by atoms with Crippen molar-refractivity contribution in [1.82, 2.24) is 9.97 Å². The van der Waals surface area contributed by atoms with Crippen molar-refractivity contribution >= 4 is 45.2 Å². The summed E-state index contributed by atoms with van der Waals surface area (Å²) in [6, 6.07) is 15.8. The van der Waals surface area contributed by atoms with Gasteiger partial charge in [-0.1, -0.05) is 12.1 Å². The van der Waals surface area contributed by atoms with Crippen LogP contribution < -0.4 is 0 Å². The van der Waals surface area contributed by atoms with Gasteiger partial charge in [0.25, 0.3) is 0 Å². The molecule has 0 saturated heterocycles. The van der Waals surface area contributed by atoms with Crippen molar-refractivity contribution in [2.75, 3.05) is 6.26 Å². The summed E-state index contributed by atoms with van der Waals surface area (Å²) in [4.78, 5) is 13.0. The van der Waals surface area contributed by atoms with Gasteiger partial charge in [-0.25, -0.2) is 9.98 Å². The minimum Gasteiger partial charge on any atom is -0.612 e. The van der Waals surface area contributed by atoms with E-state index in [1.165, 1.54) is 0 Å². The number of H-pyrrole nitrogens is 1. The quantitative estimate of drug-likeness (QED) is 0.329. The van der Waals surface area contributed by atoms with Gasteiger partial charge in [0.2, 0.25) is 0 Å². The molecule has 1 aliphatic rings. The van der Waals surface area contributed by atoms with Gasteiger partial charge in [0.15, 0.2) is 4.90 Å². The first-order valence-corrected chi connectivity index (χ1v) is 10.8. The van der Waals surface area contributed by atoms with Crippen LogP contribution in [0.5, 0.6) is 0 Å². The van der Waals surface area contributed by atoms with E-state index in [4.69, 9.17) is 4.98 Å². The molecule has 0 spiro atoms. The summed E-state index contributed by atoms with van der Waals surface area (Å²) in [5.41, 5.74) is 7.57. The second-order valence-electron chi connectivity index (χ2n) is 5.89. The van der Waals surface area contributed by atoms with Crippen molar-refractivity contribution < 1.29 is 4.55 Å². The van der Waals surface area contributed by atoms with Gasteiger partial charge in [-0.15, -0.1) is 0 Å². The third-order valence-electron chi connectivity index (χ3n) is 4.10. The second-order valence-corrected chi connectivity index (χ2v) is 8.52. The van der Waals surface area contributed by atoms with E-state index in [0.717, 1.165) is 42.4 Å². The maximum Gasteiger partial charge on any atom is 0.152 e. The number of nitrogens with zero attached hydrogens (tertiary/aromatic N) is 2. The van der Waals surface area contributed by atoms with Gasteiger partial charge in [-0.3, -0.25) is 0 Å². The lowest BCUT2D eigenvalue weighted by Gasteiger charge is -2.04. The van der Waals surface area contributed by atoms with Crippen molar-refractivity contribution in [3.8, 4) is 22.6 Å². The molecule has 27 heavy (non-hydrogen) atoms. The highest BCUT2D eigenvalue weighted by Crippen LogP contribution is 2.32. The van der Waals surface area contributed by atoms with E-state index in [9.17, 15) is 4.55 Å². The Morgan fingerprint density at radius 3 is 2.59 bits per heavy atom. The molecule has 1 atom stereocenters. The third kappa shape index (κ3) is 3.86. The highest BCUT2D eigenvalue weighted by atomic mass is 127. The molecule has 1 unspecified atom stereocenters. The molecule has 1 aromatic heterocycles. The number of aromatic amines is 1. The molecule has 0 aliphatic carbocycles. The van der Waals surface area contributed by atoms with Crippen molar-refractivity contribution in [3.63, 3.8) is 0 Å². The lowest BCUT2D eigenvalue weighted by atomic mass is 10.1. The Morgan fingerprint density at radius 1 is 1.11 bits per heavy atom. The van der Waals surface area contributed by atoms with Gasteiger partial charge < -0.3 is 9.54 Å². The van der Waals surface area contributed by atoms with Gasteiger partial charge in [-0.2, -0.15) is 0 Å². The topological polar surface area (TPSA) is 64.1 Å². The summed E-state index contributed by atoms with van der Waals surface area (Å²) in [6.45, 7) is 0. The van der Waals surface area contributed by atoms with Crippen molar-refractivity contribution in [1.29, 1.82) is 0 Å². The standard InChI is InChI=1S/C21H14IN3OS/c1-27(26)18-7-5-15(6-8-18)21-24-19(14-9-11-23-12-10-14)20(25-21)16-3-2-4-17(22)13-16/h2-9,11,13H,1H3,(H,24,25). The van der Waals surface area contributed by atoms with Crippen LogP contribution in [0.15, 0.2) is 76.4 Å². The van der Waals surface area contributed by atoms with Crippen LogP contribution in [0.1, 0.15) is 5.69 Å². The van der Waals surface area contributed by atoms with Crippen LogP contribution in [0.25, 0.3) is 28.2 Å². The SMILES string of the molecule is C[S+]([O-])c1ccc(-c2nc(-c3cccc(I)c3)c(C3=C=C=NC=C3)[nH]2)cc1. The predicted molar refractivity (Wildman–Crippen MR) is 118 cm³/mol. The van der Waals surface area contributed by atoms with E-state index >= 15 is 0 Å². The van der Waals surface area contributed by atoms with E-state index < -0.39 is 11.2 Å². The minimum absolute atomic E-state index is 0.748. The number of aromatic nitrogens is 2. The van der Waals surface area contributed by atoms with Crippen molar-refractivity contribution in [2.24, 2.45) is 4.99 Å². The molecule has 4 nitrogen and oxygen atoms in total. The van der Waals surface area contributed by atoms with Crippen LogP contribution in [-0.2, 0) is 11.2 Å². The van der Waals surface area contributed by atoms with Gasteiger partial charge in [0.1, 0.15) is 12.1 Å². The zero-order valence-electron chi connectivity index (χ0n) is 14.4. The van der Waals surface area contributed by atoms with E-state index in [1.807, 2.05) is 48.5 Å². The Morgan fingerprint density at radius 2 is 1.93 bits per heavy atom. The van der Waals surface area contributed by atoms with E-state index in [0.29, 0.717) is 0 Å². The molecule has 0 saturated carbocycles. The number of allylic oxidation sites excluding steroid dienone is 2. The predicted octanol–water partition coefficient (Wildman–Crippen LogP) is 4.82. The fourth-order valence-electron chi connectivity index (χ4n) is 2.78. The number of benzene rings is 2. The fourth-order valence-corrected chi connectivity index (χ4v) is 3.85. The molecule has 0 fully saturated rings. The molecular formula is C21H14IN3OS. The number of rotatable bonds is 4. The van der Waals surface area contributed by atoms with Gasteiger partial charge in [-0.05, 0) is 82.0 Å². The van der Waals surface area contributed by atoms with Crippen molar-refractivity contribution in [2.45, 2.75) is 4.90 Å². The number of nitrogens with one attached hydrogen (secondary N) is 1. The second kappa shape index (κ2) is 7.72. The molecule has 132 valence electrons. The summed E-state index contributed by atoms with van der Waals surface area (Å²) < 4.78 is 12.8.